The molecule has 10 heteroatoms. The van der Waals surface area contributed by atoms with E-state index in [0.29, 0.717) is 32.2 Å². The van der Waals surface area contributed by atoms with Crippen LogP contribution in [0.2, 0.25) is 0 Å². The number of pyridine rings is 1. The van der Waals surface area contributed by atoms with Gasteiger partial charge in [-0.1, -0.05) is 6.92 Å². The number of nitrogens with zero attached hydrogens (tertiary/aromatic N) is 2. The van der Waals surface area contributed by atoms with Crippen molar-refractivity contribution < 1.29 is 33.2 Å². The highest BCUT2D eigenvalue weighted by Gasteiger charge is 2.40. The summed E-state index contributed by atoms with van der Waals surface area (Å²) in [4.78, 5) is 19.3. The Labute approximate surface area is 181 Å². The zero-order valence-corrected chi connectivity index (χ0v) is 18.3. The topological polar surface area (TPSA) is 102 Å². The van der Waals surface area contributed by atoms with Gasteiger partial charge in [0.15, 0.2) is 6.86 Å². The molecular formula is C21H32FN3O6. The molecule has 9 nitrogen and oxygen atoms in total. The molecule has 2 aliphatic rings. The van der Waals surface area contributed by atoms with Crippen LogP contribution in [0.5, 0.6) is 5.88 Å². The lowest BCUT2D eigenvalue weighted by Crippen LogP contribution is -2.52. The maximum Gasteiger partial charge on any atom is 0.270 e. The van der Waals surface area contributed by atoms with Crippen molar-refractivity contribution in [2.45, 2.75) is 26.0 Å². The van der Waals surface area contributed by atoms with Gasteiger partial charge in [-0.15, -0.1) is 0 Å². The fourth-order valence-corrected chi connectivity index (χ4v) is 3.32. The normalized spacial score (nSPS) is 19.8. The Balaban J connectivity index is 1.71. The van der Waals surface area contributed by atoms with E-state index in [1.54, 1.807) is 13.2 Å². The van der Waals surface area contributed by atoms with E-state index in [2.05, 4.69) is 15.2 Å². The molecule has 2 N–H and O–H groups in total. The summed E-state index contributed by atoms with van der Waals surface area (Å²) in [6.45, 7) is 5.51. The molecule has 0 aliphatic carbocycles. The van der Waals surface area contributed by atoms with Crippen molar-refractivity contribution in [1.29, 1.82) is 0 Å². The standard InChI is InChI=1S/C21H32FN3O6/c1-14(8-29-13-22)15(2)23-19(27)17-4-5-18(25-6-16(7-25)28-3)20(24-17)31-12-21(9-26)10-30-11-21/h4-5,14-16,26H,6-13H2,1-3H3,(H,23,27)/t14?,15-/m0/s1. The van der Waals surface area contributed by atoms with Crippen LogP contribution in [0.3, 0.4) is 0 Å². The number of nitrogens with one attached hydrogen (secondary N) is 1. The number of alkyl halides is 1. The molecule has 1 aromatic rings. The molecule has 0 radical (unpaired) electrons. The lowest BCUT2D eigenvalue weighted by Gasteiger charge is -2.41. The molecule has 2 aliphatic heterocycles. The third-order valence-electron chi connectivity index (χ3n) is 5.93. The molecule has 1 unspecified atom stereocenters. The van der Waals surface area contributed by atoms with Crippen LogP contribution in [0, 0.1) is 11.3 Å². The average Bonchev–Trinajstić information content (AvgIpc) is 2.71. The number of aromatic nitrogens is 1. The molecule has 174 valence electrons. The number of carbonyl (C=O) groups excluding carboxylic acids is 1. The van der Waals surface area contributed by atoms with E-state index in [-0.39, 0.29) is 49.5 Å². The van der Waals surface area contributed by atoms with Gasteiger partial charge < -0.3 is 34.3 Å². The summed E-state index contributed by atoms with van der Waals surface area (Å²) in [5.41, 5.74) is 0.550. The van der Waals surface area contributed by atoms with E-state index in [1.165, 1.54) is 0 Å². The predicted molar refractivity (Wildman–Crippen MR) is 111 cm³/mol. The van der Waals surface area contributed by atoms with E-state index >= 15 is 0 Å². The third-order valence-corrected chi connectivity index (χ3v) is 5.93. The quantitative estimate of drug-likeness (QED) is 0.495. The Morgan fingerprint density at radius 3 is 2.74 bits per heavy atom. The summed E-state index contributed by atoms with van der Waals surface area (Å²) in [5, 5.41) is 12.5. The maximum atomic E-state index is 12.7. The molecule has 1 aromatic heterocycles. The first kappa shape index (κ1) is 23.6. The van der Waals surface area contributed by atoms with Crippen LogP contribution in [0.4, 0.5) is 10.1 Å². The van der Waals surface area contributed by atoms with Gasteiger partial charge in [0, 0.05) is 26.2 Å². The van der Waals surface area contributed by atoms with Gasteiger partial charge in [0.05, 0.1) is 37.9 Å². The van der Waals surface area contributed by atoms with Gasteiger partial charge in [-0.2, -0.15) is 0 Å². The highest BCUT2D eigenvalue weighted by atomic mass is 19.1. The van der Waals surface area contributed by atoms with Crippen molar-refractivity contribution >= 4 is 11.6 Å². The molecule has 2 fully saturated rings. The number of ether oxygens (including phenoxy) is 4. The second-order valence-corrected chi connectivity index (χ2v) is 8.44. The molecule has 2 atom stereocenters. The van der Waals surface area contributed by atoms with Crippen molar-refractivity contribution in [3.63, 3.8) is 0 Å². The summed E-state index contributed by atoms with van der Waals surface area (Å²) < 4.78 is 33.6. The number of halogens is 1. The van der Waals surface area contributed by atoms with Crippen molar-refractivity contribution in [2.75, 3.05) is 65.0 Å². The van der Waals surface area contributed by atoms with Gasteiger partial charge in [-0.3, -0.25) is 4.79 Å². The largest absolute Gasteiger partial charge is 0.475 e. The van der Waals surface area contributed by atoms with E-state index in [0.717, 1.165) is 5.69 Å². The summed E-state index contributed by atoms with van der Waals surface area (Å²) >= 11 is 0. The van der Waals surface area contributed by atoms with E-state index in [4.69, 9.17) is 18.9 Å². The van der Waals surface area contributed by atoms with Crippen LogP contribution < -0.4 is 15.0 Å². The van der Waals surface area contributed by atoms with Gasteiger partial charge >= 0.3 is 0 Å². The summed E-state index contributed by atoms with van der Waals surface area (Å²) in [7, 11) is 1.67. The van der Waals surface area contributed by atoms with E-state index in [1.807, 2.05) is 19.9 Å². The first-order valence-electron chi connectivity index (χ1n) is 10.5. The zero-order valence-electron chi connectivity index (χ0n) is 18.3. The number of rotatable bonds is 12. The van der Waals surface area contributed by atoms with Crippen LogP contribution in [-0.2, 0) is 14.2 Å². The highest BCUT2D eigenvalue weighted by Crippen LogP contribution is 2.34. The van der Waals surface area contributed by atoms with Crippen LogP contribution in [0.1, 0.15) is 24.3 Å². The Hall–Kier alpha value is -2.01. The summed E-state index contributed by atoms with van der Waals surface area (Å²) in [6.07, 6.45) is 0.147. The van der Waals surface area contributed by atoms with Gasteiger partial charge in [0.2, 0.25) is 5.88 Å². The van der Waals surface area contributed by atoms with Gasteiger partial charge in [-0.25, -0.2) is 9.37 Å². The van der Waals surface area contributed by atoms with Crippen molar-refractivity contribution in [2.24, 2.45) is 11.3 Å². The smallest absolute Gasteiger partial charge is 0.270 e. The van der Waals surface area contributed by atoms with Crippen molar-refractivity contribution in [1.82, 2.24) is 10.3 Å². The number of hydrogen-bond acceptors (Lipinski definition) is 8. The lowest BCUT2D eigenvalue weighted by molar-refractivity contribution is -0.153. The number of amides is 1. The van der Waals surface area contributed by atoms with Crippen LogP contribution in [-0.4, -0.2) is 88.2 Å². The molecule has 3 rings (SSSR count). The number of carbonyl (C=O) groups is 1. The molecule has 3 heterocycles. The minimum atomic E-state index is -0.852. The van der Waals surface area contributed by atoms with Gasteiger partial charge in [0.1, 0.15) is 18.0 Å². The molecule has 0 saturated carbocycles. The van der Waals surface area contributed by atoms with Gasteiger partial charge in [0.25, 0.3) is 5.91 Å². The fraction of sp³-hybridized carbons (Fsp3) is 0.714. The molecule has 0 bridgehead atoms. The van der Waals surface area contributed by atoms with Gasteiger partial charge in [-0.05, 0) is 25.0 Å². The fourth-order valence-electron chi connectivity index (χ4n) is 3.32. The second-order valence-electron chi connectivity index (χ2n) is 8.44. The number of methoxy groups -OCH3 is 1. The Morgan fingerprint density at radius 2 is 2.16 bits per heavy atom. The summed E-state index contributed by atoms with van der Waals surface area (Å²) in [5.74, 6) is -0.0774. The minimum absolute atomic E-state index is 0.0473. The number of aliphatic hydroxyl groups is 1. The first-order chi connectivity index (χ1) is 14.9. The van der Waals surface area contributed by atoms with Crippen molar-refractivity contribution in [3.8, 4) is 5.88 Å². The Kier molecular flexibility index (Phi) is 8.04. The lowest BCUT2D eigenvalue weighted by atomic mass is 9.88. The molecule has 2 saturated heterocycles. The third kappa shape index (κ3) is 5.62. The van der Waals surface area contributed by atoms with Crippen LogP contribution >= 0.6 is 0 Å². The molecule has 0 aromatic carbocycles. The second kappa shape index (κ2) is 10.5. The zero-order chi connectivity index (χ0) is 22.4. The first-order valence-corrected chi connectivity index (χ1v) is 10.5. The molecule has 0 spiro atoms. The van der Waals surface area contributed by atoms with Crippen LogP contribution in [0.15, 0.2) is 12.1 Å². The number of anilines is 1. The highest BCUT2D eigenvalue weighted by molar-refractivity contribution is 5.93. The molecular weight excluding hydrogens is 409 g/mol. The monoisotopic (exact) mass is 441 g/mol. The van der Waals surface area contributed by atoms with Crippen LogP contribution in [0.25, 0.3) is 0 Å². The Bertz CT molecular complexity index is 736. The molecule has 31 heavy (non-hydrogen) atoms. The number of aliphatic hydroxyl groups excluding tert-OH is 1. The number of hydrogen-bond donors (Lipinski definition) is 2. The summed E-state index contributed by atoms with van der Waals surface area (Å²) in [6, 6.07) is 3.24. The van der Waals surface area contributed by atoms with E-state index in [9.17, 15) is 14.3 Å². The minimum Gasteiger partial charge on any atom is -0.475 e. The van der Waals surface area contributed by atoms with Crippen molar-refractivity contribution in [3.05, 3.63) is 17.8 Å². The van der Waals surface area contributed by atoms with E-state index < -0.39 is 12.3 Å². The Morgan fingerprint density at radius 1 is 1.42 bits per heavy atom. The SMILES string of the molecule is COC1CN(c2ccc(C(=O)N[C@@H](C)C(C)COCF)nc2OCC2(CO)COC2)C1. The average molecular weight is 442 g/mol. The molecule has 1 amide bonds. The maximum absolute atomic E-state index is 12.7. The predicted octanol–water partition coefficient (Wildman–Crippen LogP) is 1.00.